The van der Waals surface area contributed by atoms with Gasteiger partial charge in [-0.1, -0.05) is 6.08 Å². The fraction of sp³-hybridized carbons (Fsp3) is 0.182. The van der Waals surface area contributed by atoms with Gasteiger partial charge >= 0.3 is 0 Å². The van der Waals surface area contributed by atoms with E-state index in [9.17, 15) is 10.2 Å². The third-order valence-corrected chi connectivity index (χ3v) is 2.45. The van der Waals surface area contributed by atoms with Crippen LogP contribution in [0.3, 0.4) is 0 Å². The first-order valence-corrected chi connectivity index (χ1v) is 4.34. The van der Waals surface area contributed by atoms with Crippen LogP contribution in [-0.4, -0.2) is 10.2 Å². The van der Waals surface area contributed by atoms with Gasteiger partial charge in [-0.25, -0.2) is 0 Å². The molecular formula is C11H9NO2. The smallest absolute Gasteiger partial charge is 0.119 e. The van der Waals surface area contributed by atoms with Crippen LogP contribution in [0.15, 0.2) is 23.8 Å². The van der Waals surface area contributed by atoms with Crippen LogP contribution in [0.5, 0.6) is 11.5 Å². The summed E-state index contributed by atoms with van der Waals surface area (Å²) in [6.07, 6.45) is 2.70. The molecule has 0 heterocycles. The highest BCUT2D eigenvalue weighted by Crippen LogP contribution is 2.34. The lowest BCUT2D eigenvalue weighted by Crippen LogP contribution is -2.02. The van der Waals surface area contributed by atoms with E-state index >= 15 is 0 Å². The molecule has 0 saturated heterocycles. The number of phenolic OH excluding ortho intramolecular Hbond substituents is 2. The number of hydrogen-bond donors (Lipinski definition) is 2. The first kappa shape index (κ1) is 8.64. The van der Waals surface area contributed by atoms with Crippen molar-refractivity contribution < 1.29 is 10.2 Å². The molecular weight excluding hydrogens is 178 g/mol. The molecule has 70 valence electrons. The number of rotatable bonds is 0. The van der Waals surface area contributed by atoms with Gasteiger partial charge in [0.05, 0.1) is 6.07 Å². The van der Waals surface area contributed by atoms with Gasteiger partial charge in [0.15, 0.2) is 0 Å². The second-order valence-corrected chi connectivity index (χ2v) is 3.28. The van der Waals surface area contributed by atoms with Crippen molar-refractivity contribution in [1.29, 1.82) is 5.26 Å². The molecule has 0 radical (unpaired) electrons. The molecule has 1 aliphatic rings. The minimum Gasteiger partial charge on any atom is -0.508 e. The number of aromatic hydroxyl groups is 2. The van der Waals surface area contributed by atoms with E-state index in [2.05, 4.69) is 6.07 Å². The molecule has 0 spiro atoms. The van der Waals surface area contributed by atoms with Crippen molar-refractivity contribution in [3.05, 3.63) is 34.9 Å². The SMILES string of the molecule is N#CC1=CCc2c(O)ccc(O)c2C1. The van der Waals surface area contributed by atoms with Gasteiger partial charge in [-0.15, -0.1) is 0 Å². The topological polar surface area (TPSA) is 64.2 Å². The number of nitriles is 1. The lowest BCUT2D eigenvalue weighted by molar-refractivity contribution is 0.449. The molecule has 0 aromatic heterocycles. The highest BCUT2D eigenvalue weighted by atomic mass is 16.3. The van der Waals surface area contributed by atoms with Gasteiger partial charge in [-0.05, 0) is 18.6 Å². The number of benzene rings is 1. The summed E-state index contributed by atoms with van der Waals surface area (Å²) in [6, 6.07) is 4.98. The normalized spacial score (nSPS) is 14.1. The van der Waals surface area contributed by atoms with Crippen molar-refractivity contribution in [2.75, 3.05) is 0 Å². The van der Waals surface area contributed by atoms with Gasteiger partial charge in [0, 0.05) is 23.1 Å². The molecule has 1 aromatic rings. The van der Waals surface area contributed by atoms with E-state index < -0.39 is 0 Å². The molecule has 2 rings (SSSR count). The lowest BCUT2D eigenvalue weighted by atomic mass is 9.91. The minimum absolute atomic E-state index is 0.152. The Morgan fingerprint density at radius 3 is 2.43 bits per heavy atom. The fourth-order valence-corrected chi connectivity index (χ4v) is 1.67. The first-order valence-electron chi connectivity index (χ1n) is 4.34. The van der Waals surface area contributed by atoms with E-state index in [0.717, 1.165) is 5.56 Å². The van der Waals surface area contributed by atoms with Crippen molar-refractivity contribution in [3.63, 3.8) is 0 Å². The molecule has 0 amide bonds. The van der Waals surface area contributed by atoms with Gasteiger partial charge in [-0.3, -0.25) is 0 Å². The van der Waals surface area contributed by atoms with Crippen LogP contribution < -0.4 is 0 Å². The van der Waals surface area contributed by atoms with Gasteiger partial charge in [0.1, 0.15) is 11.5 Å². The lowest BCUT2D eigenvalue weighted by Gasteiger charge is -2.15. The van der Waals surface area contributed by atoms with Gasteiger partial charge in [0.2, 0.25) is 0 Å². The van der Waals surface area contributed by atoms with Crippen LogP contribution >= 0.6 is 0 Å². The van der Waals surface area contributed by atoms with Crippen molar-refractivity contribution in [2.24, 2.45) is 0 Å². The van der Waals surface area contributed by atoms with Crippen LogP contribution in [0.4, 0.5) is 0 Å². The maximum atomic E-state index is 9.55. The highest BCUT2D eigenvalue weighted by Gasteiger charge is 2.17. The minimum atomic E-state index is 0.152. The van der Waals surface area contributed by atoms with E-state index in [4.69, 9.17) is 5.26 Å². The highest BCUT2D eigenvalue weighted by molar-refractivity contribution is 5.53. The summed E-state index contributed by atoms with van der Waals surface area (Å²) in [5.74, 6) is 0.338. The van der Waals surface area contributed by atoms with E-state index in [1.807, 2.05) is 0 Å². The zero-order chi connectivity index (χ0) is 10.1. The molecule has 3 heteroatoms. The second-order valence-electron chi connectivity index (χ2n) is 3.28. The molecule has 0 bridgehead atoms. The number of phenols is 2. The number of nitrogens with zero attached hydrogens (tertiary/aromatic N) is 1. The van der Waals surface area contributed by atoms with Gasteiger partial charge in [-0.2, -0.15) is 5.26 Å². The van der Waals surface area contributed by atoms with Crippen LogP contribution in [-0.2, 0) is 12.8 Å². The van der Waals surface area contributed by atoms with E-state index in [1.165, 1.54) is 12.1 Å². The Kier molecular flexibility index (Phi) is 1.90. The van der Waals surface area contributed by atoms with Gasteiger partial charge in [0.25, 0.3) is 0 Å². The summed E-state index contributed by atoms with van der Waals surface area (Å²) in [6.45, 7) is 0. The molecule has 1 aromatic carbocycles. The summed E-state index contributed by atoms with van der Waals surface area (Å²) >= 11 is 0. The van der Waals surface area contributed by atoms with Crippen LogP contribution in [0.1, 0.15) is 11.1 Å². The maximum absolute atomic E-state index is 9.55. The van der Waals surface area contributed by atoms with Crippen molar-refractivity contribution in [1.82, 2.24) is 0 Å². The van der Waals surface area contributed by atoms with Crippen LogP contribution in [0.25, 0.3) is 0 Å². The first-order chi connectivity index (χ1) is 6.72. The summed E-state index contributed by atoms with van der Waals surface area (Å²) in [5, 5.41) is 27.8. The Labute approximate surface area is 81.5 Å². The van der Waals surface area contributed by atoms with Crippen molar-refractivity contribution >= 4 is 0 Å². The Morgan fingerprint density at radius 2 is 1.79 bits per heavy atom. The van der Waals surface area contributed by atoms with Crippen LogP contribution in [0, 0.1) is 11.3 Å². The number of fused-ring (bicyclic) bond motifs is 1. The molecule has 2 N–H and O–H groups in total. The zero-order valence-electron chi connectivity index (χ0n) is 7.49. The molecule has 0 aliphatic heterocycles. The maximum Gasteiger partial charge on any atom is 0.119 e. The third kappa shape index (κ3) is 1.21. The third-order valence-electron chi connectivity index (χ3n) is 2.45. The summed E-state index contributed by atoms with van der Waals surface area (Å²) in [4.78, 5) is 0. The Hall–Kier alpha value is -1.95. The average Bonchev–Trinajstić information content (AvgIpc) is 2.23. The molecule has 0 atom stereocenters. The van der Waals surface area contributed by atoms with Crippen molar-refractivity contribution in [3.8, 4) is 17.6 Å². The predicted octanol–water partition coefficient (Wildman–Crippen LogP) is 1.65. The molecule has 1 aliphatic carbocycles. The largest absolute Gasteiger partial charge is 0.508 e. The molecule has 0 unspecified atom stereocenters. The molecule has 0 saturated carbocycles. The average molecular weight is 187 g/mol. The standard InChI is InChI=1S/C11H9NO2/c12-6-7-1-2-8-9(5-7)11(14)4-3-10(8)13/h1,3-4,13-14H,2,5H2. The quantitative estimate of drug-likeness (QED) is 0.607. The summed E-state index contributed by atoms with van der Waals surface area (Å²) in [7, 11) is 0. The molecule has 3 nitrogen and oxygen atoms in total. The zero-order valence-corrected chi connectivity index (χ0v) is 7.49. The predicted molar refractivity (Wildman–Crippen MR) is 50.9 cm³/mol. The Balaban J connectivity index is 2.53. The second kappa shape index (κ2) is 3.08. The number of hydrogen-bond acceptors (Lipinski definition) is 3. The summed E-state index contributed by atoms with van der Waals surface area (Å²) in [5.41, 5.74) is 2.03. The van der Waals surface area contributed by atoms with Crippen molar-refractivity contribution in [2.45, 2.75) is 12.8 Å². The van der Waals surface area contributed by atoms with E-state index in [0.29, 0.717) is 24.0 Å². The summed E-state index contributed by atoms with van der Waals surface area (Å²) < 4.78 is 0. The molecule has 0 fully saturated rings. The Bertz CT molecular complexity index is 455. The van der Waals surface area contributed by atoms with E-state index in [-0.39, 0.29) is 11.5 Å². The van der Waals surface area contributed by atoms with Crippen LogP contribution in [0.2, 0.25) is 0 Å². The Morgan fingerprint density at radius 1 is 1.14 bits per heavy atom. The number of allylic oxidation sites excluding steroid dienone is 2. The fourth-order valence-electron chi connectivity index (χ4n) is 1.67. The monoisotopic (exact) mass is 187 g/mol. The van der Waals surface area contributed by atoms with Gasteiger partial charge < -0.3 is 10.2 Å². The molecule has 14 heavy (non-hydrogen) atoms. The van der Waals surface area contributed by atoms with E-state index in [1.54, 1.807) is 6.08 Å².